The maximum Gasteiger partial charge on any atom is 0.451 e. The highest BCUT2D eigenvalue weighted by molar-refractivity contribution is 5.92. The fourth-order valence-corrected chi connectivity index (χ4v) is 1.10. The monoisotopic (exact) mass is 231 g/mol. The van der Waals surface area contributed by atoms with Crippen LogP contribution in [0.2, 0.25) is 0 Å². The van der Waals surface area contributed by atoms with E-state index >= 15 is 0 Å². The molecule has 16 heavy (non-hydrogen) atoms. The van der Waals surface area contributed by atoms with Gasteiger partial charge in [0.05, 0.1) is 6.07 Å². The maximum absolute atomic E-state index is 12.5. The molecule has 1 atom stereocenters. The summed E-state index contributed by atoms with van der Waals surface area (Å²) in [4.78, 5) is 10.8. The standard InChI is InChI=1S/C10H5F4NO/c11-7-3-1-6(2-4-7)8(5-15)9(16)10(12,13)14/h1-4,8H. The van der Waals surface area contributed by atoms with Gasteiger partial charge in [-0.1, -0.05) is 12.1 Å². The van der Waals surface area contributed by atoms with Gasteiger partial charge in [0.2, 0.25) is 0 Å². The average molecular weight is 231 g/mol. The molecule has 0 aliphatic rings. The summed E-state index contributed by atoms with van der Waals surface area (Å²) in [7, 11) is 0. The van der Waals surface area contributed by atoms with Crippen molar-refractivity contribution in [2.45, 2.75) is 12.1 Å². The lowest BCUT2D eigenvalue weighted by molar-refractivity contribution is -0.171. The normalized spacial score (nSPS) is 12.9. The van der Waals surface area contributed by atoms with Gasteiger partial charge in [0, 0.05) is 0 Å². The van der Waals surface area contributed by atoms with E-state index in [0.717, 1.165) is 24.3 Å². The number of rotatable bonds is 2. The van der Waals surface area contributed by atoms with Gasteiger partial charge in [0.1, 0.15) is 11.7 Å². The molecule has 0 saturated heterocycles. The third-order valence-corrected chi connectivity index (χ3v) is 1.87. The Morgan fingerprint density at radius 1 is 1.25 bits per heavy atom. The van der Waals surface area contributed by atoms with Crippen LogP contribution in [0.3, 0.4) is 0 Å². The number of carbonyl (C=O) groups is 1. The van der Waals surface area contributed by atoms with E-state index in [1.54, 1.807) is 0 Å². The van der Waals surface area contributed by atoms with Crippen molar-refractivity contribution in [2.75, 3.05) is 0 Å². The fourth-order valence-electron chi connectivity index (χ4n) is 1.10. The number of ketones is 1. The second kappa shape index (κ2) is 4.31. The van der Waals surface area contributed by atoms with Gasteiger partial charge in [0.15, 0.2) is 0 Å². The molecule has 0 aliphatic heterocycles. The third kappa shape index (κ3) is 2.57. The molecule has 0 radical (unpaired) electrons. The van der Waals surface area contributed by atoms with E-state index in [0.29, 0.717) is 0 Å². The Bertz CT molecular complexity index is 430. The lowest BCUT2D eigenvalue weighted by Gasteiger charge is -2.10. The molecule has 0 aliphatic carbocycles. The van der Waals surface area contributed by atoms with Gasteiger partial charge in [-0.15, -0.1) is 0 Å². The Morgan fingerprint density at radius 3 is 2.12 bits per heavy atom. The highest BCUT2D eigenvalue weighted by Crippen LogP contribution is 2.27. The van der Waals surface area contributed by atoms with E-state index in [1.807, 2.05) is 0 Å². The van der Waals surface area contributed by atoms with Crippen LogP contribution in [-0.2, 0) is 4.79 Å². The first-order valence-corrected chi connectivity index (χ1v) is 4.12. The number of Topliss-reactive ketones (excluding diaryl/α,β-unsaturated/α-hetero) is 1. The lowest BCUT2D eigenvalue weighted by atomic mass is 9.96. The summed E-state index contributed by atoms with van der Waals surface area (Å²) in [5.41, 5.74) is -0.175. The Balaban J connectivity index is 3.06. The van der Waals surface area contributed by atoms with Crippen LogP contribution >= 0.6 is 0 Å². The molecule has 0 spiro atoms. The van der Waals surface area contributed by atoms with Crippen LogP contribution in [-0.4, -0.2) is 12.0 Å². The van der Waals surface area contributed by atoms with E-state index in [9.17, 15) is 22.4 Å². The molecule has 0 fully saturated rings. The number of nitrogens with zero attached hydrogens (tertiary/aromatic N) is 1. The van der Waals surface area contributed by atoms with Crippen LogP contribution in [0, 0.1) is 17.1 Å². The van der Waals surface area contributed by atoms with Crippen molar-refractivity contribution in [3.63, 3.8) is 0 Å². The molecule has 84 valence electrons. The van der Waals surface area contributed by atoms with Gasteiger partial charge in [-0.25, -0.2) is 4.39 Å². The van der Waals surface area contributed by atoms with Crippen molar-refractivity contribution in [3.05, 3.63) is 35.6 Å². The fraction of sp³-hybridized carbons (Fsp3) is 0.200. The van der Waals surface area contributed by atoms with Crippen molar-refractivity contribution >= 4 is 5.78 Å². The summed E-state index contributed by atoms with van der Waals surface area (Å²) in [6, 6.07) is 4.99. The van der Waals surface area contributed by atoms with Crippen LogP contribution in [0.4, 0.5) is 17.6 Å². The van der Waals surface area contributed by atoms with Crippen molar-refractivity contribution < 1.29 is 22.4 Å². The minimum Gasteiger partial charge on any atom is -0.288 e. The van der Waals surface area contributed by atoms with Gasteiger partial charge in [-0.2, -0.15) is 18.4 Å². The number of benzene rings is 1. The molecule has 0 heterocycles. The summed E-state index contributed by atoms with van der Waals surface area (Å²) in [5.74, 6) is -4.75. The van der Waals surface area contributed by atoms with Gasteiger partial charge < -0.3 is 0 Å². The minimum absolute atomic E-state index is 0.175. The number of hydrogen-bond donors (Lipinski definition) is 0. The smallest absolute Gasteiger partial charge is 0.288 e. The second-order valence-electron chi connectivity index (χ2n) is 2.98. The molecule has 1 rings (SSSR count). The first-order chi connectivity index (χ1) is 7.36. The zero-order valence-electron chi connectivity index (χ0n) is 7.75. The van der Waals surface area contributed by atoms with Crippen molar-refractivity contribution in [1.82, 2.24) is 0 Å². The molecule has 0 amide bonds. The first kappa shape index (κ1) is 12.2. The van der Waals surface area contributed by atoms with Gasteiger partial charge in [-0.05, 0) is 17.7 Å². The molecule has 0 bridgehead atoms. The van der Waals surface area contributed by atoms with E-state index in [4.69, 9.17) is 5.26 Å². The van der Waals surface area contributed by atoms with Crippen LogP contribution in [0.5, 0.6) is 0 Å². The minimum atomic E-state index is -5.07. The van der Waals surface area contributed by atoms with E-state index in [2.05, 4.69) is 0 Å². The average Bonchev–Trinajstić information content (AvgIpc) is 2.20. The lowest BCUT2D eigenvalue weighted by Crippen LogP contribution is -2.28. The van der Waals surface area contributed by atoms with E-state index in [-0.39, 0.29) is 5.56 Å². The third-order valence-electron chi connectivity index (χ3n) is 1.87. The predicted molar refractivity (Wildman–Crippen MR) is 45.8 cm³/mol. The first-order valence-electron chi connectivity index (χ1n) is 4.12. The summed E-state index contributed by atoms with van der Waals surface area (Å²) in [6.45, 7) is 0. The SMILES string of the molecule is N#CC(C(=O)C(F)(F)F)c1ccc(F)cc1. The zero-order valence-corrected chi connectivity index (χ0v) is 7.75. The largest absolute Gasteiger partial charge is 0.451 e. The molecule has 1 aromatic rings. The zero-order chi connectivity index (χ0) is 12.3. The van der Waals surface area contributed by atoms with Crippen molar-refractivity contribution in [1.29, 1.82) is 5.26 Å². The number of carbonyl (C=O) groups excluding carboxylic acids is 1. The van der Waals surface area contributed by atoms with Crippen molar-refractivity contribution in [2.24, 2.45) is 0 Å². The predicted octanol–water partition coefficient (Wildman–Crippen LogP) is 2.56. The molecule has 0 N–H and O–H groups in total. The molecule has 0 aromatic heterocycles. The van der Waals surface area contributed by atoms with Gasteiger partial charge in [-0.3, -0.25) is 4.79 Å². The Hall–Kier alpha value is -1.90. The quantitative estimate of drug-likeness (QED) is 0.734. The van der Waals surface area contributed by atoms with Crippen LogP contribution in [0.25, 0.3) is 0 Å². The summed E-state index contributed by atoms with van der Waals surface area (Å²) >= 11 is 0. The summed E-state index contributed by atoms with van der Waals surface area (Å²) in [5, 5.41) is 8.52. The molecule has 1 unspecified atom stereocenters. The van der Waals surface area contributed by atoms with E-state index < -0.39 is 23.7 Å². The molecule has 2 nitrogen and oxygen atoms in total. The Morgan fingerprint density at radius 2 is 1.75 bits per heavy atom. The number of halogens is 4. The second-order valence-corrected chi connectivity index (χ2v) is 2.98. The number of hydrogen-bond acceptors (Lipinski definition) is 2. The summed E-state index contributed by atoms with van der Waals surface area (Å²) in [6.07, 6.45) is -5.07. The highest BCUT2D eigenvalue weighted by Gasteiger charge is 2.44. The van der Waals surface area contributed by atoms with Crippen LogP contribution in [0.15, 0.2) is 24.3 Å². The van der Waals surface area contributed by atoms with Gasteiger partial charge >= 0.3 is 6.18 Å². The van der Waals surface area contributed by atoms with Crippen LogP contribution in [0.1, 0.15) is 11.5 Å². The number of nitriles is 1. The van der Waals surface area contributed by atoms with Gasteiger partial charge in [0.25, 0.3) is 5.78 Å². The summed E-state index contributed by atoms with van der Waals surface area (Å²) < 4.78 is 48.7. The molecular weight excluding hydrogens is 226 g/mol. The van der Waals surface area contributed by atoms with E-state index in [1.165, 1.54) is 6.07 Å². The molecular formula is C10H5F4NO. The molecule has 6 heteroatoms. The van der Waals surface area contributed by atoms with Crippen molar-refractivity contribution in [3.8, 4) is 6.07 Å². The Kier molecular flexibility index (Phi) is 3.28. The maximum atomic E-state index is 12.5. The number of alkyl halides is 3. The topological polar surface area (TPSA) is 40.9 Å². The molecule has 0 saturated carbocycles. The molecule has 1 aromatic carbocycles. The Labute approximate surface area is 88.1 Å². The van der Waals surface area contributed by atoms with Crippen LogP contribution < -0.4 is 0 Å². The highest BCUT2D eigenvalue weighted by atomic mass is 19.4.